The number of hydrogen-bond donors (Lipinski definition) is 1. The minimum absolute atomic E-state index is 0.00424. The molecule has 3 aromatic rings. The molecule has 2 aliphatic carbocycles. The molecular weight excluding hydrogens is 402 g/mol. The molecule has 0 aliphatic heterocycles. The lowest BCUT2D eigenvalue weighted by Gasteiger charge is -2.58. The smallest absolute Gasteiger partial charge is 0.256 e. The summed E-state index contributed by atoms with van der Waals surface area (Å²) in [7, 11) is 0. The summed E-state index contributed by atoms with van der Waals surface area (Å²) < 4.78 is 6.25. The number of benzene rings is 2. The molecule has 0 saturated heterocycles. The lowest BCUT2D eigenvalue weighted by molar-refractivity contribution is -0.0599. The summed E-state index contributed by atoms with van der Waals surface area (Å²) >= 11 is 1.63. The quantitative estimate of drug-likeness (QED) is 0.466. The van der Waals surface area contributed by atoms with Gasteiger partial charge in [-0.2, -0.15) is 0 Å². The number of rotatable bonds is 5. The van der Waals surface area contributed by atoms with Gasteiger partial charge in [-0.3, -0.25) is 4.79 Å². The van der Waals surface area contributed by atoms with Gasteiger partial charge >= 0.3 is 0 Å². The molecular formula is C27H29NO2S. The van der Waals surface area contributed by atoms with E-state index in [9.17, 15) is 4.79 Å². The van der Waals surface area contributed by atoms with Crippen LogP contribution in [0.3, 0.4) is 0 Å². The molecule has 2 aromatic carbocycles. The molecule has 1 unspecified atom stereocenters. The molecule has 0 radical (unpaired) electrons. The predicted octanol–water partition coefficient (Wildman–Crippen LogP) is 7.13. The zero-order valence-corrected chi connectivity index (χ0v) is 19.2. The highest BCUT2D eigenvalue weighted by Gasteiger charge is 2.53. The Labute approximate surface area is 188 Å². The number of amides is 1. The lowest BCUT2D eigenvalue weighted by atomic mass is 9.49. The first-order valence-corrected chi connectivity index (χ1v) is 12.0. The molecule has 2 aliphatic rings. The van der Waals surface area contributed by atoms with Gasteiger partial charge in [-0.1, -0.05) is 49.4 Å². The van der Waals surface area contributed by atoms with Crippen LogP contribution < -0.4 is 10.1 Å². The van der Waals surface area contributed by atoms with Gasteiger partial charge in [0, 0.05) is 15.8 Å². The monoisotopic (exact) mass is 431 g/mol. The molecule has 1 aromatic heterocycles. The van der Waals surface area contributed by atoms with E-state index in [4.69, 9.17) is 4.74 Å². The van der Waals surface area contributed by atoms with Crippen molar-refractivity contribution in [2.24, 2.45) is 11.3 Å². The number of hydrogen-bond acceptors (Lipinski definition) is 3. The van der Waals surface area contributed by atoms with Crippen LogP contribution in [0.1, 0.15) is 52.7 Å². The van der Waals surface area contributed by atoms with Crippen LogP contribution in [-0.2, 0) is 0 Å². The van der Waals surface area contributed by atoms with Gasteiger partial charge in [-0.15, -0.1) is 11.3 Å². The van der Waals surface area contributed by atoms with Gasteiger partial charge in [-0.25, -0.2) is 0 Å². The minimum Gasteiger partial charge on any atom is -0.455 e. The van der Waals surface area contributed by atoms with Crippen LogP contribution >= 0.6 is 11.3 Å². The number of thiophene rings is 1. The Morgan fingerprint density at radius 2 is 1.68 bits per heavy atom. The van der Waals surface area contributed by atoms with Crippen molar-refractivity contribution in [3.8, 4) is 22.6 Å². The molecule has 1 N–H and O–H groups in total. The van der Waals surface area contributed by atoms with Gasteiger partial charge in [0.1, 0.15) is 5.75 Å². The van der Waals surface area contributed by atoms with E-state index in [1.165, 1.54) is 18.4 Å². The molecule has 3 nitrogen and oxygen atoms in total. The maximum absolute atomic E-state index is 13.1. The molecule has 1 amide bonds. The molecule has 2 fully saturated rings. The second-order valence-corrected chi connectivity index (χ2v) is 10.7. The molecule has 1 spiro atoms. The summed E-state index contributed by atoms with van der Waals surface area (Å²) in [6, 6.07) is 18.7. The number of carbonyl (C=O) groups is 1. The molecule has 5 rings (SSSR count). The summed E-state index contributed by atoms with van der Waals surface area (Å²) in [5.41, 5.74) is 3.53. The molecule has 1 heterocycles. The third-order valence-electron chi connectivity index (χ3n) is 7.38. The first kappa shape index (κ1) is 20.3. The Morgan fingerprint density at radius 1 is 1.00 bits per heavy atom. The topological polar surface area (TPSA) is 38.3 Å². The summed E-state index contributed by atoms with van der Waals surface area (Å²) in [5, 5.41) is 3.28. The van der Waals surface area contributed by atoms with E-state index in [-0.39, 0.29) is 5.91 Å². The third-order valence-corrected chi connectivity index (χ3v) is 8.38. The number of nitrogens with one attached hydrogen (secondary N) is 1. The van der Waals surface area contributed by atoms with E-state index in [2.05, 4.69) is 36.5 Å². The molecule has 4 heteroatoms. The van der Waals surface area contributed by atoms with Crippen LogP contribution in [-0.4, -0.2) is 11.9 Å². The number of ether oxygens (including phenoxy) is 1. The first-order chi connectivity index (χ1) is 14.9. The Hall–Kier alpha value is -2.59. The standard InChI is InChI=1S/C27H29NO2S/c1-17-13-14-27(17)15-22(16-27)28-26(29)24-18(2)31-19(3)25(24)30-23-11-9-21(10-12-23)20-7-5-4-6-8-20/h4-12,17,22H,13-16H2,1-3H3,(H,28,29). The molecule has 2 saturated carbocycles. The van der Waals surface area contributed by atoms with Crippen molar-refractivity contribution in [2.75, 3.05) is 0 Å². The van der Waals surface area contributed by atoms with E-state index >= 15 is 0 Å². The predicted molar refractivity (Wildman–Crippen MR) is 127 cm³/mol. The van der Waals surface area contributed by atoms with Gasteiger partial charge in [-0.05, 0) is 74.1 Å². The summed E-state index contributed by atoms with van der Waals surface area (Å²) in [6.07, 6.45) is 4.91. The van der Waals surface area contributed by atoms with Crippen molar-refractivity contribution >= 4 is 17.2 Å². The molecule has 160 valence electrons. The Morgan fingerprint density at radius 3 is 2.29 bits per heavy atom. The summed E-state index contributed by atoms with van der Waals surface area (Å²) in [6.45, 7) is 6.38. The highest BCUT2D eigenvalue weighted by molar-refractivity contribution is 7.12. The van der Waals surface area contributed by atoms with E-state index in [1.807, 2.05) is 44.2 Å². The van der Waals surface area contributed by atoms with Crippen molar-refractivity contribution in [1.29, 1.82) is 0 Å². The van der Waals surface area contributed by atoms with Crippen LogP contribution in [0.5, 0.6) is 11.5 Å². The summed E-state index contributed by atoms with van der Waals surface area (Å²) in [4.78, 5) is 15.2. The lowest BCUT2D eigenvalue weighted by Crippen LogP contribution is -2.57. The number of aryl methyl sites for hydroxylation is 2. The second-order valence-electron chi connectivity index (χ2n) is 9.29. The van der Waals surface area contributed by atoms with Gasteiger partial charge < -0.3 is 10.1 Å². The van der Waals surface area contributed by atoms with Crippen LogP contribution in [0.2, 0.25) is 0 Å². The van der Waals surface area contributed by atoms with Gasteiger partial charge in [0.25, 0.3) is 5.91 Å². The maximum atomic E-state index is 13.1. The van der Waals surface area contributed by atoms with E-state index in [1.54, 1.807) is 11.3 Å². The van der Waals surface area contributed by atoms with Gasteiger partial charge in [0.2, 0.25) is 0 Å². The van der Waals surface area contributed by atoms with Crippen molar-refractivity contribution in [1.82, 2.24) is 5.32 Å². The average Bonchev–Trinajstić information content (AvgIpc) is 3.03. The second kappa shape index (κ2) is 7.83. The zero-order chi connectivity index (χ0) is 21.6. The Bertz CT molecular complexity index is 1090. The van der Waals surface area contributed by atoms with Crippen molar-refractivity contribution in [3.05, 3.63) is 69.9 Å². The fraction of sp³-hybridized carbons (Fsp3) is 0.370. The van der Waals surface area contributed by atoms with Crippen LogP contribution in [0, 0.1) is 25.2 Å². The Balaban J connectivity index is 1.30. The van der Waals surface area contributed by atoms with E-state index in [0.717, 1.165) is 39.8 Å². The highest BCUT2D eigenvalue weighted by Crippen LogP contribution is 2.59. The SMILES string of the molecule is Cc1sc(C)c(C(=O)NC2CC3(CCC3C)C2)c1Oc1ccc(-c2ccccc2)cc1. The maximum Gasteiger partial charge on any atom is 0.256 e. The minimum atomic E-state index is 0.00424. The summed E-state index contributed by atoms with van der Waals surface area (Å²) in [5.74, 6) is 2.26. The zero-order valence-electron chi connectivity index (χ0n) is 18.4. The van der Waals surface area contributed by atoms with Gasteiger partial charge in [0.15, 0.2) is 5.75 Å². The van der Waals surface area contributed by atoms with E-state index < -0.39 is 0 Å². The normalized spacial score (nSPS) is 24.4. The van der Waals surface area contributed by atoms with Crippen LogP contribution in [0.15, 0.2) is 54.6 Å². The fourth-order valence-corrected chi connectivity index (χ4v) is 6.22. The first-order valence-electron chi connectivity index (χ1n) is 11.2. The van der Waals surface area contributed by atoms with Crippen LogP contribution in [0.4, 0.5) is 0 Å². The molecule has 1 atom stereocenters. The van der Waals surface area contributed by atoms with Crippen molar-refractivity contribution in [3.63, 3.8) is 0 Å². The average molecular weight is 432 g/mol. The fourth-order valence-electron chi connectivity index (χ4n) is 5.24. The molecule has 31 heavy (non-hydrogen) atoms. The third kappa shape index (κ3) is 3.67. The van der Waals surface area contributed by atoms with E-state index in [0.29, 0.717) is 22.8 Å². The number of carbonyl (C=O) groups excluding carboxylic acids is 1. The molecule has 0 bridgehead atoms. The van der Waals surface area contributed by atoms with Crippen molar-refractivity contribution < 1.29 is 9.53 Å². The Kier molecular flexibility index (Phi) is 5.13. The van der Waals surface area contributed by atoms with Crippen LogP contribution in [0.25, 0.3) is 11.1 Å². The van der Waals surface area contributed by atoms with Gasteiger partial charge in [0.05, 0.1) is 5.56 Å². The highest BCUT2D eigenvalue weighted by atomic mass is 32.1. The van der Waals surface area contributed by atoms with Crippen molar-refractivity contribution in [2.45, 2.75) is 52.5 Å². The largest absolute Gasteiger partial charge is 0.455 e.